The molecule has 0 atom stereocenters. The molecule has 3 amide bonds. The Morgan fingerprint density at radius 2 is 2.11 bits per heavy atom. The number of fused-ring (bicyclic) bond motifs is 1. The van der Waals surface area contributed by atoms with E-state index in [-0.39, 0.29) is 11.6 Å². The van der Waals surface area contributed by atoms with Gasteiger partial charge in [0.05, 0.1) is 10.5 Å². The normalized spacial score (nSPS) is 17.6. The minimum Gasteiger partial charge on any atom is -0.359 e. The number of halogens is 1. The SMILES string of the molecule is CN1C(=O)N/C(=C\c2c[nH]c3c(Cl)cccc23)C1=O. The highest BCUT2D eigenvalue weighted by Crippen LogP contribution is 2.26. The molecule has 1 saturated heterocycles. The van der Waals surface area contributed by atoms with Gasteiger partial charge in [0.15, 0.2) is 0 Å². The lowest BCUT2D eigenvalue weighted by Gasteiger charge is -1.99. The summed E-state index contributed by atoms with van der Waals surface area (Å²) in [5, 5.41) is 4.03. The lowest BCUT2D eigenvalue weighted by Crippen LogP contribution is -2.25. The molecule has 0 radical (unpaired) electrons. The Labute approximate surface area is 113 Å². The predicted octanol–water partition coefficient (Wildman–Crippen LogP) is 2.34. The first-order valence-electron chi connectivity index (χ1n) is 5.64. The molecule has 0 spiro atoms. The van der Waals surface area contributed by atoms with E-state index in [2.05, 4.69) is 10.3 Å². The van der Waals surface area contributed by atoms with E-state index in [1.54, 1.807) is 18.3 Å². The number of hydrogen-bond acceptors (Lipinski definition) is 2. The zero-order valence-electron chi connectivity index (χ0n) is 10.0. The van der Waals surface area contributed by atoms with Gasteiger partial charge in [0.1, 0.15) is 5.70 Å². The Morgan fingerprint density at radius 3 is 2.79 bits per heavy atom. The van der Waals surface area contributed by atoms with Crippen LogP contribution >= 0.6 is 11.6 Å². The first kappa shape index (κ1) is 11.8. The molecule has 0 saturated carbocycles. The average molecular weight is 276 g/mol. The Bertz CT molecular complexity index is 733. The van der Waals surface area contributed by atoms with Crippen molar-refractivity contribution in [3.8, 4) is 0 Å². The highest BCUT2D eigenvalue weighted by atomic mass is 35.5. The number of nitrogens with zero attached hydrogens (tertiary/aromatic N) is 1. The summed E-state index contributed by atoms with van der Waals surface area (Å²) in [7, 11) is 1.44. The quantitative estimate of drug-likeness (QED) is 0.620. The summed E-state index contributed by atoms with van der Waals surface area (Å²) in [4.78, 5) is 27.2. The van der Waals surface area contributed by atoms with Crippen LogP contribution in [0.4, 0.5) is 4.79 Å². The summed E-state index contributed by atoms with van der Waals surface area (Å²) in [6, 6.07) is 5.10. The van der Waals surface area contributed by atoms with Gasteiger partial charge in [-0.3, -0.25) is 9.69 Å². The molecule has 3 rings (SSSR count). The number of aromatic nitrogens is 1. The van der Waals surface area contributed by atoms with Gasteiger partial charge in [0.25, 0.3) is 5.91 Å². The lowest BCUT2D eigenvalue weighted by molar-refractivity contribution is -0.121. The number of carbonyl (C=O) groups excluding carboxylic acids is 2. The van der Waals surface area contributed by atoms with E-state index in [1.165, 1.54) is 7.05 Å². The highest BCUT2D eigenvalue weighted by Gasteiger charge is 2.30. The van der Waals surface area contributed by atoms with Gasteiger partial charge in [-0.1, -0.05) is 23.7 Å². The molecule has 0 aliphatic carbocycles. The number of imide groups is 1. The number of rotatable bonds is 1. The fourth-order valence-electron chi connectivity index (χ4n) is 2.04. The van der Waals surface area contributed by atoms with Crippen molar-refractivity contribution in [3.63, 3.8) is 0 Å². The Balaban J connectivity index is 2.10. The summed E-state index contributed by atoms with van der Waals surface area (Å²) >= 11 is 6.07. The highest BCUT2D eigenvalue weighted by molar-refractivity contribution is 6.35. The van der Waals surface area contributed by atoms with Crippen molar-refractivity contribution < 1.29 is 9.59 Å². The number of nitrogens with one attached hydrogen (secondary N) is 2. The van der Waals surface area contributed by atoms with Crippen LogP contribution in [-0.4, -0.2) is 28.9 Å². The number of benzene rings is 1. The second-order valence-electron chi connectivity index (χ2n) is 4.26. The van der Waals surface area contributed by atoms with E-state index >= 15 is 0 Å². The topological polar surface area (TPSA) is 65.2 Å². The summed E-state index contributed by atoms with van der Waals surface area (Å²) in [5.41, 5.74) is 1.87. The van der Waals surface area contributed by atoms with Crippen molar-refractivity contribution in [1.29, 1.82) is 0 Å². The Hall–Kier alpha value is -2.27. The molecule has 96 valence electrons. The number of H-pyrrole nitrogens is 1. The van der Waals surface area contributed by atoms with Gasteiger partial charge in [0, 0.05) is 24.2 Å². The van der Waals surface area contributed by atoms with Gasteiger partial charge in [-0.05, 0) is 12.1 Å². The molecule has 1 aromatic heterocycles. The molecule has 0 bridgehead atoms. The minimum atomic E-state index is -0.422. The number of hydrogen-bond donors (Lipinski definition) is 2. The zero-order chi connectivity index (χ0) is 13.6. The first-order valence-corrected chi connectivity index (χ1v) is 6.02. The Morgan fingerprint density at radius 1 is 1.32 bits per heavy atom. The summed E-state index contributed by atoms with van der Waals surface area (Å²) in [5.74, 6) is -0.346. The molecule has 2 heterocycles. The van der Waals surface area contributed by atoms with Gasteiger partial charge in [-0.25, -0.2) is 4.79 Å². The fraction of sp³-hybridized carbons (Fsp3) is 0.0769. The van der Waals surface area contributed by atoms with E-state index in [1.807, 2.05) is 12.1 Å². The third kappa shape index (κ3) is 1.79. The fourth-order valence-corrected chi connectivity index (χ4v) is 2.27. The van der Waals surface area contributed by atoms with Crippen LogP contribution in [0.2, 0.25) is 5.02 Å². The maximum absolute atomic E-state index is 11.8. The number of para-hydroxylation sites is 1. The molecule has 2 aromatic rings. The van der Waals surface area contributed by atoms with Crippen LogP contribution in [-0.2, 0) is 4.79 Å². The average Bonchev–Trinajstić information content (AvgIpc) is 2.90. The number of aromatic amines is 1. The van der Waals surface area contributed by atoms with E-state index in [9.17, 15) is 9.59 Å². The predicted molar refractivity (Wildman–Crippen MR) is 72.6 cm³/mol. The van der Waals surface area contributed by atoms with E-state index < -0.39 is 6.03 Å². The maximum Gasteiger partial charge on any atom is 0.328 e. The van der Waals surface area contributed by atoms with Crippen LogP contribution < -0.4 is 5.32 Å². The number of urea groups is 1. The Kier molecular flexibility index (Phi) is 2.57. The molecule has 1 aliphatic heterocycles. The van der Waals surface area contributed by atoms with Gasteiger partial charge >= 0.3 is 6.03 Å². The van der Waals surface area contributed by atoms with Crippen LogP contribution in [0.1, 0.15) is 5.56 Å². The van der Waals surface area contributed by atoms with Gasteiger partial charge in [0.2, 0.25) is 0 Å². The van der Waals surface area contributed by atoms with Crippen molar-refractivity contribution in [1.82, 2.24) is 15.2 Å². The van der Waals surface area contributed by atoms with E-state index in [0.717, 1.165) is 21.4 Å². The maximum atomic E-state index is 11.8. The molecular formula is C13H10ClN3O2. The molecule has 1 aromatic carbocycles. The molecule has 2 N–H and O–H groups in total. The van der Waals surface area contributed by atoms with Crippen LogP contribution in [0.3, 0.4) is 0 Å². The van der Waals surface area contributed by atoms with Gasteiger partial charge in [-0.15, -0.1) is 0 Å². The first-order chi connectivity index (χ1) is 9.08. The van der Waals surface area contributed by atoms with E-state index in [4.69, 9.17) is 11.6 Å². The molecule has 0 unspecified atom stereocenters. The third-order valence-electron chi connectivity index (χ3n) is 3.08. The van der Waals surface area contributed by atoms with Crippen LogP contribution in [0.5, 0.6) is 0 Å². The van der Waals surface area contributed by atoms with Crippen molar-refractivity contribution in [2.45, 2.75) is 0 Å². The summed E-state index contributed by atoms with van der Waals surface area (Å²) in [6.45, 7) is 0. The van der Waals surface area contributed by atoms with Crippen molar-refractivity contribution in [2.24, 2.45) is 0 Å². The molecule has 1 aliphatic rings. The molecule has 6 heteroatoms. The van der Waals surface area contributed by atoms with Crippen LogP contribution in [0.15, 0.2) is 30.1 Å². The largest absolute Gasteiger partial charge is 0.359 e. The lowest BCUT2D eigenvalue weighted by atomic mass is 10.1. The molecular weight excluding hydrogens is 266 g/mol. The summed E-state index contributed by atoms with van der Waals surface area (Å²) < 4.78 is 0. The van der Waals surface area contributed by atoms with Crippen molar-refractivity contribution in [2.75, 3.05) is 7.05 Å². The van der Waals surface area contributed by atoms with Crippen molar-refractivity contribution in [3.05, 3.63) is 40.7 Å². The number of carbonyl (C=O) groups is 2. The second kappa shape index (κ2) is 4.13. The number of likely N-dealkylation sites (N-methyl/N-ethyl adjacent to an activating group) is 1. The van der Waals surface area contributed by atoms with E-state index in [0.29, 0.717) is 5.02 Å². The monoisotopic (exact) mass is 275 g/mol. The number of amides is 3. The van der Waals surface area contributed by atoms with Gasteiger partial charge in [-0.2, -0.15) is 0 Å². The van der Waals surface area contributed by atoms with Gasteiger partial charge < -0.3 is 10.3 Å². The molecule has 1 fully saturated rings. The summed E-state index contributed by atoms with van der Waals surface area (Å²) in [6.07, 6.45) is 3.39. The van der Waals surface area contributed by atoms with Crippen LogP contribution in [0, 0.1) is 0 Å². The smallest absolute Gasteiger partial charge is 0.328 e. The minimum absolute atomic E-state index is 0.258. The standard InChI is InChI=1S/C13H10ClN3O2/c1-17-12(18)10(16-13(17)19)5-7-6-15-11-8(7)3-2-4-9(11)14/h2-6,15H,1H3,(H,16,19)/b10-5-. The molecule has 5 nitrogen and oxygen atoms in total. The molecule has 19 heavy (non-hydrogen) atoms. The van der Waals surface area contributed by atoms with Crippen LogP contribution in [0.25, 0.3) is 17.0 Å². The third-order valence-corrected chi connectivity index (χ3v) is 3.39. The van der Waals surface area contributed by atoms with Crippen molar-refractivity contribution >= 4 is 40.5 Å². The zero-order valence-corrected chi connectivity index (χ0v) is 10.8. The second-order valence-corrected chi connectivity index (χ2v) is 4.67.